The summed E-state index contributed by atoms with van der Waals surface area (Å²) in [6.45, 7) is 3.59. The number of alkyl halides is 3. The Morgan fingerprint density at radius 2 is 1.64 bits per heavy atom. The van der Waals surface area contributed by atoms with Crippen molar-refractivity contribution in [3.63, 3.8) is 0 Å². The minimum atomic E-state index is -4.49. The second kappa shape index (κ2) is 7.67. The molecule has 0 spiro atoms. The Morgan fingerprint density at radius 3 is 2.32 bits per heavy atom. The molecule has 5 nitrogen and oxygen atoms in total. The van der Waals surface area contributed by atoms with E-state index in [4.69, 9.17) is 0 Å². The molecule has 0 aliphatic heterocycles. The average molecular weight is 386 g/mol. The van der Waals surface area contributed by atoms with Gasteiger partial charge in [0.25, 0.3) is 5.91 Å². The summed E-state index contributed by atoms with van der Waals surface area (Å²) >= 11 is 0. The lowest BCUT2D eigenvalue weighted by atomic mass is 10.2. The maximum atomic E-state index is 12.8. The van der Waals surface area contributed by atoms with Crippen LogP contribution in [0.4, 0.5) is 30.4 Å². The summed E-state index contributed by atoms with van der Waals surface area (Å²) in [6, 6.07) is 13.5. The number of rotatable bonds is 4. The van der Waals surface area contributed by atoms with Gasteiger partial charge in [-0.1, -0.05) is 23.8 Å². The van der Waals surface area contributed by atoms with Crippen molar-refractivity contribution in [1.29, 1.82) is 0 Å². The fraction of sp³-hybridized carbons (Fsp3) is 0.150. The number of anilines is 3. The molecular formula is C20H17F3N4O. The highest BCUT2D eigenvalue weighted by Crippen LogP contribution is 2.30. The van der Waals surface area contributed by atoms with E-state index >= 15 is 0 Å². The molecule has 0 saturated carbocycles. The molecule has 3 rings (SSSR count). The van der Waals surface area contributed by atoms with Gasteiger partial charge in [0.05, 0.1) is 5.56 Å². The van der Waals surface area contributed by atoms with E-state index in [1.165, 1.54) is 18.2 Å². The van der Waals surface area contributed by atoms with Crippen LogP contribution in [0.15, 0.2) is 54.6 Å². The number of hydrogen-bond acceptors (Lipinski definition) is 4. The summed E-state index contributed by atoms with van der Waals surface area (Å²) in [4.78, 5) is 20.8. The largest absolute Gasteiger partial charge is 0.416 e. The van der Waals surface area contributed by atoms with Gasteiger partial charge in [-0.25, -0.2) is 9.97 Å². The Bertz CT molecular complexity index is 1000. The molecule has 8 heteroatoms. The minimum Gasteiger partial charge on any atom is -0.340 e. The molecule has 1 heterocycles. The Morgan fingerprint density at radius 1 is 0.929 bits per heavy atom. The van der Waals surface area contributed by atoms with Crippen LogP contribution in [0.3, 0.4) is 0 Å². The van der Waals surface area contributed by atoms with Crippen LogP contribution in [-0.4, -0.2) is 15.9 Å². The third kappa shape index (κ3) is 4.85. The molecule has 144 valence electrons. The number of nitrogens with one attached hydrogen (secondary N) is 2. The first-order valence-electron chi connectivity index (χ1n) is 8.39. The standard InChI is InChI=1S/C20H17F3N4O/c1-12-6-8-15(9-7-12)26-18-11-17(24-13(2)25-18)19(28)27-16-5-3-4-14(10-16)20(21,22)23/h3-11H,1-2H3,(H,27,28)(H,24,25,26). The van der Waals surface area contributed by atoms with Crippen molar-refractivity contribution in [3.8, 4) is 0 Å². The van der Waals surface area contributed by atoms with Gasteiger partial charge in [-0.05, 0) is 44.2 Å². The van der Waals surface area contributed by atoms with Crippen LogP contribution in [0.1, 0.15) is 27.4 Å². The zero-order chi connectivity index (χ0) is 20.3. The van der Waals surface area contributed by atoms with Gasteiger partial charge < -0.3 is 10.6 Å². The van der Waals surface area contributed by atoms with Gasteiger partial charge >= 0.3 is 6.18 Å². The van der Waals surface area contributed by atoms with Gasteiger partial charge in [0, 0.05) is 17.4 Å². The number of amides is 1. The third-order valence-corrected chi connectivity index (χ3v) is 3.84. The molecule has 1 amide bonds. The number of aromatic nitrogens is 2. The number of nitrogens with zero attached hydrogens (tertiary/aromatic N) is 2. The maximum Gasteiger partial charge on any atom is 0.416 e. The lowest BCUT2D eigenvalue weighted by Crippen LogP contribution is -2.16. The van der Waals surface area contributed by atoms with Crippen LogP contribution in [0, 0.1) is 13.8 Å². The van der Waals surface area contributed by atoms with E-state index in [2.05, 4.69) is 20.6 Å². The van der Waals surface area contributed by atoms with Gasteiger partial charge in [-0.3, -0.25) is 4.79 Å². The van der Waals surface area contributed by atoms with Crippen molar-refractivity contribution in [2.24, 2.45) is 0 Å². The second-order valence-electron chi connectivity index (χ2n) is 6.21. The molecule has 2 aromatic carbocycles. The summed E-state index contributed by atoms with van der Waals surface area (Å²) in [5.74, 6) is 0.133. The maximum absolute atomic E-state index is 12.8. The van der Waals surface area contributed by atoms with Gasteiger partial charge in [0.2, 0.25) is 0 Å². The van der Waals surface area contributed by atoms with E-state index in [1.54, 1.807) is 6.92 Å². The fourth-order valence-electron chi connectivity index (χ4n) is 2.50. The van der Waals surface area contributed by atoms with Crippen LogP contribution in [-0.2, 0) is 6.18 Å². The topological polar surface area (TPSA) is 66.9 Å². The van der Waals surface area contributed by atoms with Crippen LogP contribution in [0.5, 0.6) is 0 Å². The first-order valence-corrected chi connectivity index (χ1v) is 8.39. The number of carbonyl (C=O) groups is 1. The summed E-state index contributed by atoms with van der Waals surface area (Å²) in [5.41, 5.74) is 1.12. The van der Waals surface area contributed by atoms with Crippen molar-refractivity contribution in [2.45, 2.75) is 20.0 Å². The Labute approximate surface area is 159 Å². The summed E-state index contributed by atoms with van der Waals surface area (Å²) < 4.78 is 38.5. The minimum absolute atomic E-state index is 0.0316. The molecule has 0 bridgehead atoms. The molecule has 0 saturated heterocycles. The number of carbonyl (C=O) groups excluding carboxylic acids is 1. The average Bonchev–Trinajstić information content (AvgIpc) is 2.63. The highest BCUT2D eigenvalue weighted by atomic mass is 19.4. The van der Waals surface area contributed by atoms with Crippen molar-refractivity contribution in [1.82, 2.24) is 9.97 Å². The van der Waals surface area contributed by atoms with Crippen molar-refractivity contribution in [2.75, 3.05) is 10.6 Å². The van der Waals surface area contributed by atoms with E-state index in [0.29, 0.717) is 11.6 Å². The van der Waals surface area contributed by atoms with Crippen LogP contribution in [0.25, 0.3) is 0 Å². The molecule has 0 fully saturated rings. The number of hydrogen-bond donors (Lipinski definition) is 2. The summed E-state index contributed by atoms with van der Waals surface area (Å²) in [5, 5.41) is 5.52. The normalized spacial score (nSPS) is 11.2. The number of halogens is 3. The first kappa shape index (κ1) is 19.3. The molecule has 0 unspecified atom stereocenters. The molecule has 2 N–H and O–H groups in total. The molecule has 0 radical (unpaired) electrons. The molecule has 0 aliphatic carbocycles. The molecule has 0 atom stereocenters. The predicted octanol–water partition coefficient (Wildman–Crippen LogP) is 5.11. The monoisotopic (exact) mass is 386 g/mol. The first-order chi connectivity index (χ1) is 13.2. The number of benzene rings is 2. The fourth-order valence-corrected chi connectivity index (χ4v) is 2.50. The van der Waals surface area contributed by atoms with Gasteiger partial charge in [-0.15, -0.1) is 0 Å². The zero-order valence-electron chi connectivity index (χ0n) is 15.1. The van der Waals surface area contributed by atoms with E-state index < -0.39 is 17.6 Å². The van der Waals surface area contributed by atoms with E-state index in [1.807, 2.05) is 31.2 Å². The smallest absolute Gasteiger partial charge is 0.340 e. The van der Waals surface area contributed by atoms with Gasteiger partial charge in [-0.2, -0.15) is 13.2 Å². The predicted molar refractivity (Wildman–Crippen MR) is 101 cm³/mol. The van der Waals surface area contributed by atoms with Crippen molar-refractivity contribution < 1.29 is 18.0 Å². The van der Waals surface area contributed by atoms with Crippen molar-refractivity contribution >= 4 is 23.1 Å². The van der Waals surface area contributed by atoms with Crippen LogP contribution < -0.4 is 10.6 Å². The zero-order valence-corrected chi connectivity index (χ0v) is 15.1. The lowest BCUT2D eigenvalue weighted by Gasteiger charge is -2.11. The number of aryl methyl sites for hydroxylation is 2. The molecule has 28 heavy (non-hydrogen) atoms. The Kier molecular flexibility index (Phi) is 5.30. The quantitative estimate of drug-likeness (QED) is 0.654. The van der Waals surface area contributed by atoms with Crippen LogP contribution >= 0.6 is 0 Å². The van der Waals surface area contributed by atoms with Crippen LogP contribution in [0.2, 0.25) is 0 Å². The molecule has 3 aromatic rings. The van der Waals surface area contributed by atoms with Crippen molar-refractivity contribution in [3.05, 3.63) is 77.2 Å². The van der Waals surface area contributed by atoms with E-state index in [0.717, 1.165) is 23.4 Å². The van der Waals surface area contributed by atoms with E-state index in [-0.39, 0.29) is 11.4 Å². The third-order valence-electron chi connectivity index (χ3n) is 3.84. The molecule has 0 aliphatic rings. The molecular weight excluding hydrogens is 369 g/mol. The second-order valence-corrected chi connectivity index (χ2v) is 6.21. The highest BCUT2D eigenvalue weighted by Gasteiger charge is 2.30. The summed E-state index contributed by atoms with van der Waals surface area (Å²) in [6.07, 6.45) is -4.49. The molecule has 1 aromatic heterocycles. The summed E-state index contributed by atoms with van der Waals surface area (Å²) in [7, 11) is 0. The highest BCUT2D eigenvalue weighted by molar-refractivity contribution is 6.03. The van der Waals surface area contributed by atoms with E-state index in [9.17, 15) is 18.0 Å². The van der Waals surface area contributed by atoms with Gasteiger partial charge in [0.15, 0.2) is 0 Å². The Hall–Kier alpha value is -3.42. The van der Waals surface area contributed by atoms with Gasteiger partial charge in [0.1, 0.15) is 17.3 Å². The SMILES string of the molecule is Cc1ccc(Nc2cc(C(=O)Nc3cccc(C(F)(F)F)c3)nc(C)n2)cc1. The Balaban J connectivity index is 1.80. The lowest BCUT2D eigenvalue weighted by molar-refractivity contribution is -0.137.